The zero-order chi connectivity index (χ0) is 26.2. The third kappa shape index (κ3) is 4.66. The van der Waals surface area contributed by atoms with Crippen LogP contribution in [0.2, 0.25) is 0 Å². The van der Waals surface area contributed by atoms with Crippen molar-refractivity contribution >= 4 is 34.3 Å². The number of aromatic nitrogens is 5. The number of benzene rings is 2. The molecule has 5 rings (SSSR count). The van der Waals surface area contributed by atoms with Crippen LogP contribution in [0.3, 0.4) is 0 Å². The van der Waals surface area contributed by atoms with Crippen molar-refractivity contribution in [2.24, 2.45) is 0 Å². The van der Waals surface area contributed by atoms with Crippen LogP contribution in [-0.4, -0.2) is 30.8 Å². The SMILES string of the molecule is O=C(Nc1c(F)ccc(Nc2ncccc2-c2ncnc3nc[nH]c23)c1F)c1cccc(C(F)(F)F)c1. The molecule has 186 valence electrons. The third-order valence-corrected chi connectivity index (χ3v) is 5.32. The van der Waals surface area contributed by atoms with E-state index in [2.05, 4.69) is 30.2 Å². The Hall–Kier alpha value is -4.94. The molecule has 3 heterocycles. The Balaban J connectivity index is 1.47. The van der Waals surface area contributed by atoms with Crippen molar-refractivity contribution in [1.82, 2.24) is 24.9 Å². The van der Waals surface area contributed by atoms with Gasteiger partial charge in [0.2, 0.25) is 0 Å². The summed E-state index contributed by atoms with van der Waals surface area (Å²) in [4.78, 5) is 32.0. The fourth-order valence-electron chi connectivity index (χ4n) is 3.58. The van der Waals surface area contributed by atoms with Crippen LogP contribution < -0.4 is 10.6 Å². The minimum absolute atomic E-state index is 0.151. The van der Waals surface area contributed by atoms with Crippen molar-refractivity contribution in [1.29, 1.82) is 0 Å². The van der Waals surface area contributed by atoms with Crippen molar-refractivity contribution in [3.05, 3.63) is 90.1 Å². The van der Waals surface area contributed by atoms with E-state index in [0.717, 1.165) is 30.3 Å². The predicted molar refractivity (Wildman–Crippen MR) is 124 cm³/mol. The van der Waals surface area contributed by atoms with Crippen LogP contribution in [0.1, 0.15) is 15.9 Å². The number of hydrogen-bond donors (Lipinski definition) is 3. The average Bonchev–Trinajstić information content (AvgIpc) is 3.37. The highest BCUT2D eigenvalue weighted by Crippen LogP contribution is 2.34. The molecule has 0 saturated heterocycles. The molecular formula is C24H14F5N7O. The summed E-state index contributed by atoms with van der Waals surface area (Å²) in [5.74, 6) is -3.29. The fraction of sp³-hybridized carbons (Fsp3) is 0.0417. The number of pyridine rings is 1. The summed E-state index contributed by atoms with van der Waals surface area (Å²) in [6, 6.07) is 8.77. The van der Waals surface area contributed by atoms with Gasteiger partial charge in [0, 0.05) is 17.3 Å². The Bertz CT molecular complexity index is 1630. The maximum atomic E-state index is 15.3. The number of H-pyrrole nitrogens is 1. The van der Waals surface area contributed by atoms with Gasteiger partial charge in [-0.2, -0.15) is 13.2 Å². The van der Waals surface area contributed by atoms with Crippen LogP contribution in [0.5, 0.6) is 0 Å². The van der Waals surface area contributed by atoms with Gasteiger partial charge in [-0.1, -0.05) is 6.07 Å². The number of nitrogens with one attached hydrogen (secondary N) is 3. The number of aromatic amines is 1. The lowest BCUT2D eigenvalue weighted by Gasteiger charge is -2.15. The number of carbonyl (C=O) groups is 1. The third-order valence-electron chi connectivity index (χ3n) is 5.32. The van der Waals surface area contributed by atoms with Gasteiger partial charge in [0.25, 0.3) is 5.91 Å². The van der Waals surface area contributed by atoms with Gasteiger partial charge in [-0.3, -0.25) is 4.79 Å². The molecule has 0 unspecified atom stereocenters. The zero-order valence-corrected chi connectivity index (χ0v) is 18.4. The van der Waals surface area contributed by atoms with Gasteiger partial charge in [-0.25, -0.2) is 28.7 Å². The maximum Gasteiger partial charge on any atom is 0.416 e. The summed E-state index contributed by atoms with van der Waals surface area (Å²) >= 11 is 0. The molecule has 0 fully saturated rings. The van der Waals surface area contributed by atoms with Gasteiger partial charge in [0.1, 0.15) is 34.9 Å². The van der Waals surface area contributed by atoms with Crippen LogP contribution >= 0.6 is 0 Å². The fourth-order valence-corrected chi connectivity index (χ4v) is 3.58. The van der Waals surface area contributed by atoms with E-state index in [1.165, 1.54) is 18.9 Å². The highest BCUT2D eigenvalue weighted by Gasteiger charge is 2.31. The van der Waals surface area contributed by atoms with Gasteiger partial charge in [-0.15, -0.1) is 0 Å². The zero-order valence-electron chi connectivity index (χ0n) is 18.4. The Morgan fingerprint density at radius 1 is 0.946 bits per heavy atom. The monoisotopic (exact) mass is 511 g/mol. The molecule has 1 amide bonds. The van der Waals surface area contributed by atoms with E-state index in [1.807, 2.05) is 5.32 Å². The molecule has 0 saturated carbocycles. The van der Waals surface area contributed by atoms with Gasteiger partial charge in [-0.05, 0) is 42.5 Å². The minimum atomic E-state index is -4.69. The van der Waals surface area contributed by atoms with E-state index in [-0.39, 0.29) is 11.5 Å². The molecule has 0 spiro atoms. The van der Waals surface area contributed by atoms with E-state index < -0.39 is 40.5 Å². The van der Waals surface area contributed by atoms with Crippen LogP contribution in [0, 0.1) is 11.6 Å². The molecule has 0 aliphatic carbocycles. The first-order valence-electron chi connectivity index (χ1n) is 10.6. The highest BCUT2D eigenvalue weighted by molar-refractivity contribution is 6.05. The second-order valence-corrected chi connectivity index (χ2v) is 7.66. The number of carbonyl (C=O) groups excluding carboxylic acids is 1. The molecule has 0 aliphatic rings. The largest absolute Gasteiger partial charge is 0.416 e. The molecule has 2 aromatic carbocycles. The molecule has 0 aliphatic heterocycles. The van der Waals surface area contributed by atoms with Crippen molar-refractivity contribution in [3.63, 3.8) is 0 Å². The number of hydrogen-bond acceptors (Lipinski definition) is 6. The molecule has 0 bridgehead atoms. The number of halogens is 5. The molecule has 8 nitrogen and oxygen atoms in total. The number of anilines is 3. The number of fused-ring (bicyclic) bond motifs is 1. The minimum Gasteiger partial charge on any atom is -0.341 e. The predicted octanol–water partition coefficient (Wildman–Crippen LogP) is 5.71. The number of amides is 1. The van der Waals surface area contributed by atoms with E-state index in [0.29, 0.717) is 28.5 Å². The molecule has 37 heavy (non-hydrogen) atoms. The first kappa shape index (κ1) is 23.8. The van der Waals surface area contributed by atoms with E-state index in [4.69, 9.17) is 0 Å². The average molecular weight is 511 g/mol. The van der Waals surface area contributed by atoms with Crippen molar-refractivity contribution < 1.29 is 26.7 Å². The van der Waals surface area contributed by atoms with E-state index in [1.54, 1.807) is 12.1 Å². The molecule has 3 N–H and O–H groups in total. The van der Waals surface area contributed by atoms with Crippen molar-refractivity contribution in [2.75, 3.05) is 10.6 Å². The summed E-state index contributed by atoms with van der Waals surface area (Å²) in [5.41, 5.74) is -0.837. The summed E-state index contributed by atoms with van der Waals surface area (Å²) in [7, 11) is 0. The maximum absolute atomic E-state index is 15.3. The van der Waals surface area contributed by atoms with Crippen LogP contribution in [0.25, 0.3) is 22.4 Å². The van der Waals surface area contributed by atoms with Gasteiger partial charge >= 0.3 is 6.18 Å². The van der Waals surface area contributed by atoms with Gasteiger partial charge < -0.3 is 15.6 Å². The lowest BCUT2D eigenvalue weighted by molar-refractivity contribution is -0.137. The quantitative estimate of drug-likeness (QED) is 0.261. The summed E-state index contributed by atoms with van der Waals surface area (Å²) in [6.45, 7) is 0. The Morgan fingerprint density at radius 3 is 2.59 bits per heavy atom. The smallest absolute Gasteiger partial charge is 0.341 e. The Morgan fingerprint density at radius 2 is 1.78 bits per heavy atom. The Kier molecular flexibility index (Phi) is 5.95. The lowest BCUT2D eigenvalue weighted by atomic mass is 10.1. The first-order valence-corrected chi connectivity index (χ1v) is 10.6. The normalized spacial score (nSPS) is 11.5. The van der Waals surface area contributed by atoms with E-state index in [9.17, 15) is 22.4 Å². The summed E-state index contributed by atoms with van der Waals surface area (Å²) < 4.78 is 68.8. The second kappa shape index (κ2) is 9.26. The molecule has 13 heteroatoms. The van der Waals surface area contributed by atoms with Crippen LogP contribution in [0.15, 0.2) is 67.4 Å². The number of alkyl halides is 3. The van der Waals surface area contributed by atoms with Gasteiger partial charge in [0.05, 0.1) is 17.6 Å². The standard InChI is InChI=1S/C24H14F5N7O/c25-15-6-7-16(17(26)19(15)36-23(37)12-3-1-4-13(9-12)24(27,28)29)35-21-14(5-2-8-30-21)18-20-22(33-10-31-18)34-11-32-20/h1-11H,(H,30,35)(H,36,37)(H,31,32,33,34). The molecular weight excluding hydrogens is 497 g/mol. The number of nitrogens with zero attached hydrogens (tertiary/aromatic N) is 4. The number of imidazole rings is 1. The molecule has 0 radical (unpaired) electrons. The lowest BCUT2D eigenvalue weighted by Crippen LogP contribution is -2.16. The highest BCUT2D eigenvalue weighted by atomic mass is 19.4. The number of rotatable bonds is 5. The topological polar surface area (TPSA) is 108 Å². The summed E-state index contributed by atoms with van der Waals surface area (Å²) in [5, 5.41) is 4.77. The second-order valence-electron chi connectivity index (χ2n) is 7.66. The Labute approximate surface area is 204 Å². The molecule has 3 aromatic heterocycles. The van der Waals surface area contributed by atoms with Crippen molar-refractivity contribution in [3.8, 4) is 11.3 Å². The molecule has 0 atom stereocenters. The molecule has 5 aromatic rings. The summed E-state index contributed by atoms with van der Waals surface area (Å²) in [6.07, 6.45) is -0.516. The van der Waals surface area contributed by atoms with Crippen LogP contribution in [-0.2, 0) is 6.18 Å². The van der Waals surface area contributed by atoms with Gasteiger partial charge in [0.15, 0.2) is 11.5 Å². The van der Waals surface area contributed by atoms with Crippen molar-refractivity contribution in [2.45, 2.75) is 6.18 Å². The van der Waals surface area contributed by atoms with E-state index >= 15 is 4.39 Å². The van der Waals surface area contributed by atoms with Crippen LogP contribution in [0.4, 0.5) is 39.1 Å². The first-order chi connectivity index (χ1) is 17.7.